The van der Waals surface area contributed by atoms with Crippen LogP contribution >= 0.6 is 0 Å². The molecule has 0 bridgehead atoms. The van der Waals surface area contributed by atoms with E-state index in [2.05, 4.69) is 40.3 Å². The molecule has 4 heteroatoms. The van der Waals surface area contributed by atoms with Crippen LogP contribution in [0.5, 0.6) is 5.75 Å². The molecule has 0 aliphatic carbocycles. The molecule has 0 aromatic heterocycles. The molecule has 0 aliphatic rings. The molecule has 1 aromatic carbocycles. The van der Waals surface area contributed by atoms with Gasteiger partial charge in [-0.1, -0.05) is 0 Å². The molecule has 16 heavy (non-hydrogen) atoms. The van der Waals surface area contributed by atoms with Gasteiger partial charge in [-0.05, 0) is 0 Å². The van der Waals surface area contributed by atoms with Crippen molar-refractivity contribution in [2.45, 2.75) is 34.3 Å². The summed E-state index contributed by atoms with van der Waals surface area (Å²) in [5.41, 5.74) is 14.2. The van der Waals surface area contributed by atoms with Crippen molar-refractivity contribution >= 4 is 57.0 Å². The second kappa shape index (κ2) is 6.04. The summed E-state index contributed by atoms with van der Waals surface area (Å²) in [5, 5.41) is 10.1. The van der Waals surface area contributed by atoms with Gasteiger partial charge in [-0.25, -0.2) is 0 Å². The molecule has 0 fully saturated rings. The number of benzene rings is 1. The molecule has 0 unspecified atom stereocenters. The molecule has 90 valence electrons. The quantitative estimate of drug-likeness (QED) is 0.751. The average molecular weight is 406 g/mol. The fourth-order valence-electron chi connectivity index (χ4n) is 1.80. The van der Waals surface area contributed by atoms with Crippen molar-refractivity contribution in [3.8, 4) is 5.75 Å². The zero-order valence-electron chi connectivity index (χ0n) is 10.9. The van der Waals surface area contributed by atoms with Gasteiger partial charge < -0.3 is 0 Å². The van der Waals surface area contributed by atoms with Gasteiger partial charge >= 0.3 is 114 Å². The van der Waals surface area contributed by atoms with Crippen LogP contribution < -0.4 is 13.1 Å². The molecule has 1 rings (SSSR count). The molecule has 0 heterocycles. The third kappa shape index (κ3) is 3.13. The Morgan fingerprint density at radius 2 is 1.25 bits per heavy atom. The summed E-state index contributed by atoms with van der Waals surface area (Å²) < 4.78 is 4.61. The van der Waals surface area contributed by atoms with Crippen LogP contribution in [0.4, 0.5) is 0 Å². The van der Waals surface area contributed by atoms with Gasteiger partial charge in [0.15, 0.2) is 0 Å². The van der Waals surface area contributed by atoms with Crippen LogP contribution in [0, 0.1) is 0 Å². The van der Waals surface area contributed by atoms with Gasteiger partial charge in [0.1, 0.15) is 0 Å². The van der Waals surface area contributed by atoms with E-state index in [1.54, 1.807) is 8.70 Å². The Bertz CT molecular complexity index is 373. The topological polar surface area (TPSA) is 20.2 Å². The fraction of sp³-hybridized carbons (Fsp3) is 0.500. The third-order valence-corrected chi connectivity index (χ3v) is 12.6. The summed E-state index contributed by atoms with van der Waals surface area (Å²) in [6.07, 6.45) is 0. The number of phenols is 1. The second-order valence-corrected chi connectivity index (χ2v) is 18.6. The molecule has 0 radical (unpaired) electrons. The number of rotatable bonds is 3. The van der Waals surface area contributed by atoms with E-state index in [9.17, 15) is 5.11 Å². The molecule has 0 aliphatic heterocycles. The third-order valence-electron chi connectivity index (χ3n) is 2.48. The maximum atomic E-state index is 10.1. The second-order valence-electron chi connectivity index (χ2n) is 4.48. The van der Waals surface area contributed by atoms with Gasteiger partial charge in [0.2, 0.25) is 0 Å². The molecule has 0 saturated heterocycles. The van der Waals surface area contributed by atoms with Crippen molar-refractivity contribution in [3.05, 3.63) is 12.1 Å². The first-order chi connectivity index (χ1) is 7.36. The average Bonchev–Trinajstić information content (AvgIpc) is 2.15. The van der Waals surface area contributed by atoms with E-state index in [4.69, 9.17) is 0 Å². The van der Waals surface area contributed by atoms with Crippen LogP contribution in [0.25, 0.3) is 0 Å². The van der Waals surface area contributed by atoms with E-state index in [1.165, 1.54) is 4.35 Å². The zero-order chi connectivity index (χ0) is 12.5. The van der Waals surface area contributed by atoms with Crippen molar-refractivity contribution < 1.29 is 5.11 Å². The van der Waals surface area contributed by atoms with E-state index in [1.807, 2.05) is 6.07 Å². The standard InChI is InChI=1S/C12H21As3O/c1-13(2)9-7-8-10(16)12(15(5)6)11(9)14(3)4/h7-8,16H,1-6H3. The van der Waals surface area contributed by atoms with E-state index >= 15 is 0 Å². The minimum atomic E-state index is -0.991. The normalized spacial score (nSPS) is 11.8. The zero-order valence-corrected chi connectivity index (χ0v) is 16.6. The number of hydrogen-bond acceptors (Lipinski definition) is 1. The predicted molar refractivity (Wildman–Crippen MR) is 79.5 cm³/mol. The van der Waals surface area contributed by atoms with Crippen LogP contribution in [0.1, 0.15) is 0 Å². The number of hydrogen-bond donors (Lipinski definition) is 1. The monoisotopic (exact) mass is 406 g/mol. The van der Waals surface area contributed by atoms with Crippen LogP contribution in [-0.2, 0) is 0 Å². The van der Waals surface area contributed by atoms with Crippen LogP contribution in [0.15, 0.2) is 12.1 Å². The Kier molecular flexibility index (Phi) is 5.57. The SMILES string of the molecule is C[As](C)c1ccc(O)c([As](C)C)c1[As](C)C. The first kappa shape index (κ1) is 14.8. The predicted octanol–water partition coefficient (Wildman–Crippen LogP) is 1.28. The van der Waals surface area contributed by atoms with E-state index in [0.29, 0.717) is 5.75 Å². The van der Waals surface area contributed by atoms with Gasteiger partial charge in [0.25, 0.3) is 0 Å². The van der Waals surface area contributed by atoms with E-state index in [0.717, 1.165) is 0 Å². The van der Waals surface area contributed by atoms with Gasteiger partial charge in [-0.3, -0.25) is 0 Å². The van der Waals surface area contributed by atoms with Crippen molar-refractivity contribution in [2.24, 2.45) is 0 Å². The molecular formula is C12H21As3O. The van der Waals surface area contributed by atoms with Crippen molar-refractivity contribution in [1.29, 1.82) is 0 Å². The number of aromatic hydroxyl groups is 1. The molecule has 0 atom stereocenters. The summed E-state index contributed by atoms with van der Waals surface area (Å²) >= 11 is -2.73. The molecular weight excluding hydrogens is 385 g/mol. The van der Waals surface area contributed by atoms with E-state index < -0.39 is 44.0 Å². The van der Waals surface area contributed by atoms with Crippen LogP contribution in [0.3, 0.4) is 0 Å². The fourth-order valence-corrected chi connectivity index (χ4v) is 17.3. The number of phenolic OH excluding ortho intramolecular Hbond substituents is 1. The Morgan fingerprint density at radius 3 is 1.62 bits per heavy atom. The Morgan fingerprint density at radius 1 is 0.750 bits per heavy atom. The van der Waals surface area contributed by atoms with E-state index in [-0.39, 0.29) is 0 Å². The maximum absolute atomic E-state index is 10.1. The minimum absolute atomic E-state index is 0.572. The van der Waals surface area contributed by atoms with Gasteiger partial charge in [0, 0.05) is 0 Å². The summed E-state index contributed by atoms with van der Waals surface area (Å²) in [6.45, 7) is 0. The van der Waals surface area contributed by atoms with Crippen LogP contribution in [0.2, 0.25) is 34.3 Å². The summed E-state index contributed by atoms with van der Waals surface area (Å²) in [5.74, 6) is 0.572. The molecule has 1 aromatic rings. The van der Waals surface area contributed by atoms with Crippen LogP contribution in [-0.4, -0.2) is 49.1 Å². The Labute approximate surface area is 113 Å². The molecule has 0 spiro atoms. The molecule has 1 nitrogen and oxygen atoms in total. The Balaban J connectivity index is 3.50. The molecule has 1 N–H and O–H groups in total. The molecule has 0 amide bonds. The first-order valence-corrected chi connectivity index (χ1v) is 19.3. The van der Waals surface area contributed by atoms with Gasteiger partial charge in [0.05, 0.1) is 0 Å². The van der Waals surface area contributed by atoms with Crippen molar-refractivity contribution in [2.75, 3.05) is 0 Å². The summed E-state index contributed by atoms with van der Waals surface area (Å²) in [4.78, 5) is 0. The summed E-state index contributed by atoms with van der Waals surface area (Å²) in [7, 11) is 0. The van der Waals surface area contributed by atoms with Gasteiger partial charge in [-0.2, -0.15) is 0 Å². The Hall–Kier alpha value is 0.695. The summed E-state index contributed by atoms with van der Waals surface area (Å²) in [6, 6.07) is 4.14. The van der Waals surface area contributed by atoms with Crippen molar-refractivity contribution in [1.82, 2.24) is 0 Å². The first-order valence-electron chi connectivity index (χ1n) is 5.24. The molecule has 0 saturated carbocycles. The van der Waals surface area contributed by atoms with Crippen molar-refractivity contribution in [3.63, 3.8) is 0 Å². The van der Waals surface area contributed by atoms with Gasteiger partial charge in [-0.15, -0.1) is 0 Å².